The van der Waals surface area contributed by atoms with Crippen LogP contribution in [0.4, 0.5) is 28.0 Å². The van der Waals surface area contributed by atoms with Crippen molar-refractivity contribution in [3.05, 3.63) is 53.5 Å². The maximum atomic E-state index is 13.2. The summed E-state index contributed by atoms with van der Waals surface area (Å²) in [6, 6.07) is 5.93. The molecule has 0 unspecified atom stereocenters. The van der Waals surface area contributed by atoms with E-state index in [-0.39, 0.29) is 18.0 Å². The molecule has 10 heteroatoms. The van der Waals surface area contributed by atoms with Crippen molar-refractivity contribution in [2.75, 3.05) is 18.5 Å². The fourth-order valence-corrected chi connectivity index (χ4v) is 2.07. The van der Waals surface area contributed by atoms with Crippen molar-refractivity contribution < 1.29 is 32.2 Å². The molecule has 146 valence electrons. The normalized spacial score (nSPS) is 12.4. The number of aromatic nitrogens is 1. The molecular formula is C17H17F4N3O3. The first-order valence-electron chi connectivity index (χ1n) is 7.78. The summed E-state index contributed by atoms with van der Waals surface area (Å²) >= 11 is 0. The molecule has 2 rings (SSSR count). The Kier molecular flexibility index (Phi) is 6.56. The number of aliphatic hydroxyl groups is 1. The summed E-state index contributed by atoms with van der Waals surface area (Å²) in [5.74, 6) is -0.701. The number of hydrogen-bond acceptors (Lipinski definition) is 4. The molecule has 1 heterocycles. The van der Waals surface area contributed by atoms with Crippen molar-refractivity contribution in [2.45, 2.75) is 19.2 Å². The summed E-state index contributed by atoms with van der Waals surface area (Å²) in [6.07, 6.45) is -4.51. The second-order valence-electron chi connectivity index (χ2n) is 5.65. The molecule has 27 heavy (non-hydrogen) atoms. The molecule has 1 aromatic carbocycles. The van der Waals surface area contributed by atoms with E-state index in [4.69, 9.17) is 0 Å². The Hall–Kier alpha value is -2.88. The fraction of sp³-hybridized carbons (Fsp3) is 0.294. The van der Waals surface area contributed by atoms with Crippen LogP contribution >= 0.6 is 0 Å². The number of halogens is 4. The SMILES string of the molecule is Cc1cc(NC(=O)NC[C@@H](O)c2ccnc(OCC(F)(F)F)c2)ccc1F. The Labute approximate surface area is 152 Å². The molecule has 1 aromatic heterocycles. The number of alkyl halides is 3. The fourth-order valence-electron chi connectivity index (χ4n) is 2.07. The summed E-state index contributed by atoms with van der Waals surface area (Å²) in [5.41, 5.74) is 0.948. The van der Waals surface area contributed by atoms with Gasteiger partial charge >= 0.3 is 12.2 Å². The van der Waals surface area contributed by atoms with E-state index < -0.39 is 30.7 Å². The summed E-state index contributed by atoms with van der Waals surface area (Å²) in [6.45, 7) is -0.171. The lowest BCUT2D eigenvalue weighted by molar-refractivity contribution is -0.154. The quantitative estimate of drug-likeness (QED) is 0.664. The van der Waals surface area contributed by atoms with E-state index >= 15 is 0 Å². The number of nitrogens with one attached hydrogen (secondary N) is 2. The van der Waals surface area contributed by atoms with Gasteiger partial charge in [0.2, 0.25) is 5.88 Å². The van der Waals surface area contributed by atoms with Crippen molar-refractivity contribution in [3.8, 4) is 5.88 Å². The van der Waals surface area contributed by atoms with Gasteiger partial charge in [-0.2, -0.15) is 13.2 Å². The minimum Gasteiger partial charge on any atom is -0.468 e. The van der Waals surface area contributed by atoms with Gasteiger partial charge in [0.1, 0.15) is 5.82 Å². The number of nitrogens with zero attached hydrogens (tertiary/aromatic N) is 1. The van der Waals surface area contributed by atoms with Gasteiger partial charge in [-0.15, -0.1) is 0 Å². The number of urea groups is 1. The van der Waals surface area contributed by atoms with Crippen LogP contribution in [0.5, 0.6) is 5.88 Å². The highest BCUT2D eigenvalue weighted by Gasteiger charge is 2.28. The molecule has 3 N–H and O–H groups in total. The van der Waals surface area contributed by atoms with E-state index in [1.165, 1.54) is 30.5 Å². The predicted octanol–water partition coefficient (Wildman–Crippen LogP) is 3.33. The van der Waals surface area contributed by atoms with Crippen molar-refractivity contribution >= 4 is 11.7 Å². The minimum atomic E-state index is -4.51. The van der Waals surface area contributed by atoms with Crippen LogP contribution in [0, 0.1) is 12.7 Å². The zero-order chi connectivity index (χ0) is 20.0. The van der Waals surface area contributed by atoms with Crippen LogP contribution < -0.4 is 15.4 Å². The van der Waals surface area contributed by atoms with Gasteiger partial charge in [0.05, 0.1) is 6.10 Å². The van der Waals surface area contributed by atoms with Crippen LogP contribution in [-0.2, 0) is 0 Å². The molecule has 0 spiro atoms. The number of carbonyl (C=O) groups excluding carboxylic acids is 1. The van der Waals surface area contributed by atoms with E-state index in [0.29, 0.717) is 11.3 Å². The van der Waals surface area contributed by atoms with E-state index in [2.05, 4.69) is 20.4 Å². The van der Waals surface area contributed by atoms with Crippen LogP contribution in [-0.4, -0.2) is 35.4 Å². The monoisotopic (exact) mass is 387 g/mol. The van der Waals surface area contributed by atoms with Crippen molar-refractivity contribution in [1.82, 2.24) is 10.3 Å². The van der Waals surface area contributed by atoms with E-state index in [1.807, 2.05) is 0 Å². The number of anilines is 1. The standard InChI is InChI=1S/C17H17F4N3O3/c1-10-6-12(2-3-13(10)18)24-16(26)23-8-14(25)11-4-5-22-15(7-11)27-9-17(19,20)21/h2-7,14,25H,8-9H2,1H3,(H2,23,24,26)/t14-/m1/s1. The number of rotatable bonds is 6. The third-order valence-electron chi connectivity index (χ3n) is 3.40. The zero-order valence-electron chi connectivity index (χ0n) is 14.2. The number of aliphatic hydroxyl groups excluding tert-OH is 1. The van der Waals surface area contributed by atoms with Crippen LogP contribution in [0.2, 0.25) is 0 Å². The predicted molar refractivity (Wildman–Crippen MR) is 88.9 cm³/mol. The molecule has 0 bridgehead atoms. The van der Waals surface area contributed by atoms with Gasteiger partial charge in [0.25, 0.3) is 0 Å². The first kappa shape index (κ1) is 20.4. The Morgan fingerprint density at radius 1 is 1.30 bits per heavy atom. The second kappa shape index (κ2) is 8.67. The molecule has 0 saturated carbocycles. The minimum absolute atomic E-state index is 0.214. The van der Waals surface area contributed by atoms with Crippen molar-refractivity contribution in [3.63, 3.8) is 0 Å². The van der Waals surface area contributed by atoms with Gasteiger partial charge in [-0.3, -0.25) is 0 Å². The van der Waals surface area contributed by atoms with Gasteiger partial charge in [-0.05, 0) is 42.3 Å². The third-order valence-corrected chi connectivity index (χ3v) is 3.40. The maximum Gasteiger partial charge on any atom is 0.422 e. The number of aryl methyl sites for hydroxylation is 1. The van der Waals surface area contributed by atoms with Crippen LogP contribution in [0.25, 0.3) is 0 Å². The van der Waals surface area contributed by atoms with Crippen molar-refractivity contribution in [1.29, 1.82) is 0 Å². The van der Waals surface area contributed by atoms with Crippen LogP contribution in [0.3, 0.4) is 0 Å². The highest BCUT2D eigenvalue weighted by atomic mass is 19.4. The molecule has 0 fully saturated rings. The van der Waals surface area contributed by atoms with E-state index in [9.17, 15) is 27.5 Å². The van der Waals surface area contributed by atoms with Gasteiger partial charge in [0.15, 0.2) is 6.61 Å². The molecular weight excluding hydrogens is 370 g/mol. The van der Waals surface area contributed by atoms with Gasteiger partial charge in [0, 0.05) is 24.5 Å². The van der Waals surface area contributed by atoms with Gasteiger partial charge in [-0.25, -0.2) is 14.2 Å². The third kappa shape index (κ3) is 6.74. The first-order valence-corrected chi connectivity index (χ1v) is 7.78. The summed E-state index contributed by atoms with van der Waals surface area (Å²) in [5, 5.41) is 15.0. The second-order valence-corrected chi connectivity index (χ2v) is 5.65. The summed E-state index contributed by atoms with van der Waals surface area (Å²) in [7, 11) is 0. The molecule has 0 aliphatic rings. The zero-order valence-corrected chi connectivity index (χ0v) is 14.2. The smallest absolute Gasteiger partial charge is 0.422 e. The number of benzene rings is 1. The molecule has 1 atom stereocenters. The Balaban J connectivity index is 1.88. The number of ether oxygens (including phenoxy) is 1. The molecule has 0 saturated heterocycles. The highest BCUT2D eigenvalue weighted by molar-refractivity contribution is 5.89. The molecule has 0 radical (unpaired) electrons. The van der Waals surface area contributed by atoms with Gasteiger partial charge in [-0.1, -0.05) is 0 Å². The van der Waals surface area contributed by atoms with Gasteiger partial charge < -0.3 is 20.5 Å². The first-order chi connectivity index (χ1) is 12.6. The summed E-state index contributed by atoms with van der Waals surface area (Å²) < 4.78 is 54.2. The maximum absolute atomic E-state index is 13.2. The number of amides is 2. The lowest BCUT2D eigenvalue weighted by Crippen LogP contribution is -2.32. The van der Waals surface area contributed by atoms with E-state index in [1.54, 1.807) is 6.92 Å². The Morgan fingerprint density at radius 2 is 2.04 bits per heavy atom. The molecule has 0 aliphatic carbocycles. The average molecular weight is 387 g/mol. The molecule has 0 aliphatic heterocycles. The lowest BCUT2D eigenvalue weighted by atomic mass is 10.1. The van der Waals surface area contributed by atoms with Crippen LogP contribution in [0.1, 0.15) is 17.2 Å². The number of pyridine rings is 1. The lowest BCUT2D eigenvalue weighted by Gasteiger charge is -2.14. The molecule has 2 amide bonds. The Bertz CT molecular complexity index is 799. The van der Waals surface area contributed by atoms with E-state index in [0.717, 1.165) is 6.07 Å². The average Bonchev–Trinajstić information content (AvgIpc) is 2.61. The molecule has 2 aromatic rings. The Morgan fingerprint density at radius 3 is 2.70 bits per heavy atom. The number of carbonyl (C=O) groups is 1. The van der Waals surface area contributed by atoms with Crippen LogP contribution in [0.15, 0.2) is 36.5 Å². The van der Waals surface area contributed by atoms with Crippen molar-refractivity contribution in [2.24, 2.45) is 0 Å². The highest BCUT2D eigenvalue weighted by Crippen LogP contribution is 2.20. The topological polar surface area (TPSA) is 83.5 Å². The summed E-state index contributed by atoms with van der Waals surface area (Å²) in [4.78, 5) is 15.5. The molecule has 6 nitrogen and oxygen atoms in total. The number of hydrogen-bond donors (Lipinski definition) is 3. The largest absolute Gasteiger partial charge is 0.468 e.